The molecule has 0 saturated heterocycles. The van der Waals surface area contributed by atoms with Gasteiger partial charge in [-0.05, 0) is 44.9 Å². The maximum Gasteiger partial charge on any atom is 0.303 e. The molecule has 0 bridgehead atoms. The molecule has 0 aromatic carbocycles. The first-order chi connectivity index (χ1) is 12.3. The average molecular weight is 347 g/mol. The third kappa shape index (κ3) is 22.4. The number of aliphatic carboxylic acids is 1. The normalized spacial score (nSPS) is 12.4. The summed E-state index contributed by atoms with van der Waals surface area (Å²) in [5.41, 5.74) is 0. The minimum atomic E-state index is -0.711. The summed E-state index contributed by atoms with van der Waals surface area (Å²) < 4.78 is 0. The number of carboxylic acid groups (broad SMARTS) is 1. The standard InChI is InChI=1S/C23H38O2/c1-2-3-4-5-6-7-8-9-10-11-12-13-14-15-16-17-18-19-20-21-22-23(24)25/h9-10,12-13,15-16,18-19H,2-8,11,14,17,20-22H2,1H3,(H,24,25). The van der Waals surface area contributed by atoms with Gasteiger partial charge in [0.2, 0.25) is 0 Å². The minimum absolute atomic E-state index is 0.262. The molecular weight excluding hydrogens is 308 g/mol. The molecule has 0 radical (unpaired) electrons. The quantitative estimate of drug-likeness (QED) is 0.220. The molecule has 0 rings (SSSR count). The second kappa shape index (κ2) is 20.5. The smallest absolute Gasteiger partial charge is 0.303 e. The van der Waals surface area contributed by atoms with Gasteiger partial charge in [0.15, 0.2) is 0 Å². The highest BCUT2D eigenvalue weighted by Crippen LogP contribution is 2.07. The SMILES string of the molecule is CCCCCCCCC=CCC=CCC=CCC=CCCCC(=O)O. The van der Waals surface area contributed by atoms with Crippen molar-refractivity contribution in [3.63, 3.8) is 0 Å². The van der Waals surface area contributed by atoms with Gasteiger partial charge in [0, 0.05) is 6.42 Å². The fraction of sp³-hybridized carbons (Fsp3) is 0.609. The van der Waals surface area contributed by atoms with E-state index in [1.54, 1.807) is 0 Å². The Kier molecular flexibility index (Phi) is 19.2. The summed E-state index contributed by atoms with van der Waals surface area (Å²) in [5, 5.41) is 8.52. The van der Waals surface area contributed by atoms with Crippen molar-refractivity contribution in [2.45, 2.75) is 90.4 Å². The summed E-state index contributed by atoms with van der Waals surface area (Å²) in [7, 11) is 0. The fourth-order valence-electron chi connectivity index (χ4n) is 2.46. The molecule has 142 valence electrons. The molecule has 0 aliphatic rings. The first kappa shape index (κ1) is 23.4. The summed E-state index contributed by atoms with van der Waals surface area (Å²) in [5.74, 6) is -0.711. The zero-order valence-electron chi connectivity index (χ0n) is 16.2. The number of unbranched alkanes of at least 4 members (excludes halogenated alkanes) is 7. The van der Waals surface area contributed by atoms with E-state index in [1.165, 1.54) is 44.9 Å². The zero-order valence-corrected chi connectivity index (χ0v) is 16.2. The molecule has 1 N–H and O–H groups in total. The third-order valence-corrected chi connectivity index (χ3v) is 3.97. The molecule has 0 aliphatic heterocycles. The van der Waals surface area contributed by atoms with E-state index < -0.39 is 5.97 Å². The Morgan fingerprint density at radius 1 is 0.640 bits per heavy atom. The van der Waals surface area contributed by atoms with Crippen LogP contribution in [0.15, 0.2) is 48.6 Å². The number of allylic oxidation sites excluding steroid dienone is 8. The minimum Gasteiger partial charge on any atom is -0.481 e. The number of hydrogen-bond acceptors (Lipinski definition) is 1. The Morgan fingerprint density at radius 2 is 1.08 bits per heavy atom. The van der Waals surface area contributed by atoms with Gasteiger partial charge in [-0.2, -0.15) is 0 Å². The van der Waals surface area contributed by atoms with Gasteiger partial charge >= 0.3 is 5.97 Å². The van der Waals surface area contributed by atoms with Crippen LogP contribution in [0.2, 0.25) is 0 Å². The van der Waals surface area contributed by atoms with Gasteiger partial charge in [-0.3, -0.25) is 4.79 Å². The van der Waals surface area contributed by atoms with E-state index in [9.17, 15) is 4.79 Å². The maximum atomic E-state index is 10.3. The van der Waals surface area contributed by atoms with Crippen molar-refractivity contribution < 1.29 is 9.90 Å². The number of carbonyl (C=O) groups is 1. The van der Waals surface area contributed by atoms with E-state index in [1.807, 2.05) is 0 Å². The molecule has 2 nitrogen and oxygen atoms in total. The van der Waals surface area contributed by atoms with E-state index in [0.29, 0.717) is 0 Å². The molecule has 0 aliphatic carbocycles. The number of rotatable bonds is 17. The molecule has 0 atom stereocenters. The summed E-state index contributed by atoms with van der Waals surface area (Å²) in [6.45, 7) is 2.26. The molecule has 0 aromatic rings. The molecule has 25 heavy (non-hydrogen) atoms. The van der Waals surface area contributed by atoms with Crippen molar-refractivity contribution in [2.24, 2.45) is 0 Å². The van der Waals surface area contributed by atoms with Gasteiger partial charge in [0.1, 0.15) is 0 Å². The number of hydrogen-bond donors (Lipinski definition) is 1. The lowest BCUT2D eigenvalue weighted by Crippen LogP contribution is -1.92. The van der Waals surface area contributed by atoms with Crippen LogP contribution in [0.5, 0.6) is 0 Å². The van der Waals surface area contributed by atoms with Crippen LogP contribution in [0, 0.1) is 0 Å². The topological polar surface area (TPSA) is 37.3 Å². The second-order valence-electron chi connectivity index (χ2n) is 6.44. The second-order valence-corrected chi connectivity index (χ2v) is 6.44. The summed E-state index contributed by atoms with van der Waals surface area (Å²) >= 11 is 0. The van der Waals surface area contributed by atoms with Crippen LogP contribution in [0.25, 0.3) is 0 Å². The van der Waals surface area contributed by atoms with Crippen molar-refractivity contribution in [1.29, 1.82) is 0 Å². The molecule has 0 fully saturated rings. The van der Waals surface area contributed by atoms with Crippen LogP contribution >= 0.6 is 0 Å². The molecule has 0 saturated carbocycles. The average Bonchev–Trinajstić information content (AvgIpc) is 2.60. The van der Waals surface area contributed by atoms with Gasteiger partial charge in [-0.25, -0.2) is 0 Å². The van der Waals surface area contributed by atoms with Crippen molar-refractivity contribution in [1.82, 2.24) is 0 Å². The van der Waals surface area contributed by atoms with Crippen molar-refractivity contribution in [3.8, 4) is 0 Å². The lowest BCUT2D eigenvalue weighted by molar-refractivity contribution is -0.137. The van der Waals surface area contributed by atoms with Crippen molar-refractivity contribution in [2.75, 3.05) is 0 Å². The van der Waals surface area contributed by atoms with E-state index in [0.717, 1.165) is 32.1 Å². The molecule has 0 spiro atoms. The summed E-state index contributed by atoms with van der Waals surface area (Å²) in [4.78, 5) is 10.3. The van der Waals surface area contributed by atoms with Crippen molar-refractivity contribution >= 4 is 5.97 Å². The Bertz CT molecular complexity index is 402. The highest BCUT2D eigenvalue weighted by atomic mass is 16.4. The first-order valence-electron chi connectivity index (χ1n) is 10.1. The lowest BCUT2D eigenvalue weighted by Gasteiger charge is -1.97. The van der Waals surface area contributed by atoms with Gasteiger partial charge in [0.05, 0.1) is 0 Å². The summed E-state index contributed by atoms with van der Waals surface area (Å²) in [6.07, 6.45) is 31.8. The predicted octanol–water partition coefficient (Wildman–Crippen LogP) is 7.39. The Morgan fingerprint density at radius 3 is 1.60 bits per heavy atom. The van der Waals surface area contributed by atoms with Crippen LogP contribution in [-0.4, -0.2) is 11.1 Å². The van der Waals surface area contributed by atoms with E-state index >= 15 is 0 Å². The molecule has 2 heteroatoms. The van der Waals surface area contributed by atoms with Gasteiger partial charge in [-0.1, -0.05) is 87.6 Å². The molecule has 0 unspecified atom stereocenters. The first-order valence-corrected chi connectivity index (χ1v) is 10.1. The van der Waals surface area contributed by atoms with E-state index in [4.69, 9.17) is 5.11 Å². The lowest BCUT2D eigenvalue weighted by atomic mass is 10.1. The van der Waals surface area contributed by atoms with Crippen LogP contribution in [0.3, 0.4) is 0 Å². The van der Waals surface area contributed by atoms with E-state index in [-0.39, 0.29) is 6.42 Å². The zero-order chi connectivity index (χ0) is 18.4. The van der Waals surface area contributed by atoms with Gasteiger partial charge in [-0.15, -0.1) is 0 Å². The number of carboxylic acids is 1. The Hall–Kier alpha value is -1.57. The van der Waals surface area contributed by atoms with Crippen LogP contribution in [-0.2, 0) is 4.79 Å². The largest absolute Gasteiger partial charge is 0.481 e. The maximum absolute atomic E-state index is 10.3. The Balaban J connectivity index is 3.37. The molecule has 0 aromatic heterocycles. The fourth-order valence-corrected chi connectivity index (χ4v) is 2.46. The van der Waals surface area contributed by atoms with E-state index in [2.05, 4.69) is 55.5 Å². The monoisotopic (exact) mass is 346 g/mol. The molecule has 0 amide bonds. The van der Waals surface area contributed by atoms with Gasteiger partial charge in [0.25, 0.3) is 0 Å². The van der Waals surface area contributed by atoms with Gasteiger partial charge < -0.3 is 5.11 Å². The van der Waals surface area contributed by atoms with Crippen LogP contribution in [0.1, 0.15) is 90.4 Å². The summed E-state index contributed by atoms with van der Waals surface area (Å²) in [6, 6.07) is 0. The molecular formula is C23H38O2. The predicted molar refractivity (Wildman–Crippen MR) is 110 cm³/mol. The Labute approximate surface area is 155 Å². The highest BCUT2D eigenvalue weighted by Gasteiger charge is 1.92. The van der Waals surface area contributed by atoms with Crippen LogP contribution in [0.4, 0.5) is 0 Å². The van der Waals surface area contributed by atoms with Crippen molar-refractivity contribution in [3.05, 3.63) is 48.6 Å². The van der Waals surface area contributed by atoms with Crippen LogP contribution < -0.4 is 0 Å². The highest BCUT2D eigenvalue weighted by molar-refractivity contribution is 5.66. The third-order valence-electron chi connectivity index (χ3n) is 3.97. The molecule has 0 heterocycles.